The molecule has 4 rings (SSSR count). The molecule has 0 radical (unpaired) electrons. The van der Waals surface area contributed by atoms with Crippen LogP contribution in [0.3, 0.4) is 0 Å². The minimum atomic E-state index is -0.223. The zero-order chi connectivity index (χ0) is 22.7. The van der Waals surface area contributed by atoms with Crippen LogP contribution in [-0.4, -0.2) is 41.2 Å². The average molecular weight is 536 g/mol. The van der Waals surface area contributed by atoms with Crippen LogP contribution in [0.1, 0.15) is 16.8 Å². The number of nitrogens with zero attached hydrogens (tertiary/aromatic N) is 4. The predicted octanol–water partition coefficient (Wildman–Crippen LogP) is 5.66. The van der Waals surface area contributed by atoms with Gasteiger partial charge in [0.25, 0.3) is 5.91 Å². The molecule has 0 fully saturated rings. The maximum Gasteiger partial charge on any atom is 0.261 e. The summed E-state index contributed by atoms with van der Waals surface area (Å²) in [5.41, 5.74) is 1.06. The molecule has 32 heavy (non-hydrogen) atoms. The molecular weight excluding hydrogens is 516 g/mol. The lowest BCUT2D eigenvalue weighted by molar-refractivity contribution is 0.0986. The molecule has 4 aromatic rings. The zero-order valence-corrected chi connectivity index (χ0v) is 20.6. The number of aromatic nitrogens is 3. The molecule has 7 nitrogen and oxygen atoms in total. The second-order valence-corrected chi connectivity index (χ2v) is 9.18. The van der Waals surface area contributed by atoms with Gasteiger partial charge in [0.1, 0.15) is 21.7 Å². The summed E-state index contributed by atoms with van der Waals surface area (Å²) < 4.78 is 14.5. The van der Waals surface area contributed by atoms with E-state index in [2.05, 4.69) is 20.9 Å². The summed E-state index contributed by atoms with van der Waals surface area (Å²) >= 11 is 11.2. The second kappa shape index (κ2) is 9.89. The Balaban J connectivity index is 1.74. The van der Waals surface area contributed by atoms with Gasteiger partial charge in [-0.05, 0) is 36.8 Å². The van der Waals surface area contributed by atoms with Gasteiger partial charge in [-0.15, -0.1) is 0 Å². The number of aryl methyl sites for hydroxylation is 1. The van der Waals surface area contributed by atoms with E-state index < -0.39 is 0 Å². The van der Waals surface area contributed by atoms with Crippen molar-refractivity contribution in [2.75, 3.05) is 25.7 Å². The highest BCUT2D eigenvalue weighted by atomic mass is 79.9. The quantitative estimate of drug-likeness (QED) is 0.291. The molecule has 2 aromatic heterocycles. The van der Waals surface area contributed by atoms with Crippen molar-refractivity contribution in [3.05, 3.63) is 64.1 Å². The Kier molecular flexibility index (Phi) is 6.98. The number of anilines is 1. The van der Waals surface area contributed by atoms with Crippen LogP contribution < -0.4 is 14.4 Å². The minimum absolute atomic E-state index is 0.223. The van der Waals surface area contributed by atoms with Gasteiger partial charge in [-0.3, -0.25) is 9.69 Å². The van der Waals surface area contributed by atoms with E-state index in [-0.39, 0.29) is 5.91 Å². The molecule has 0 saturated carbocycles. The Labute approximate surface area is 202 Å². The highest BCUT2D eigenvalue weighted by Gasteiger charge is 2.25. The van der Waals surface area contributed by atoms with E-state index in [0.29, 0.717) is 52.2 Å². The fraction of sp³-hybridized carbons (Fsp3) is 0.227. The molecular formula is C22H20BrClN4O3S. The lowest BCUT2D eigenvalue weighted by atomic mass is 10.2. The summed E-state index contributed by atoms with van der Waals surface area (Å²) in [7, 11) is 3.20. The summed E-state index contributed by atoms with van der Waals surface area (Å²) in [6.45, 7) is 1.16. The van der Waals surface area contributed by atoms with Gasteiger partial charge in [-0.25, -0.2) is 9.97 Å². The number of imidazole rings is 1. The van der Waals surface area contributed by atoms with Crippen molar-refractivity contribution in [1.29, 1.82) is 0 Å². The third-order valence-electron chi connectivity index (χ3n) is 4.89. The van der Waals surface area contributed by atoms with E-state index in [4.69, 9.17) is 26.1 Å². The fourth-order valence-electron chi connectivity index (χ4n) is 3.31. The third-order valence-corrected chi connectivity index (χ3v) is 6.81. The van der Waals surface area contributed by atoms with Gasteiger partial charge in [-0.1, -0.05) is 38.9 Å². The summed E-state index contributed by atoms with van der Waals surface area (Å²) in [5.74, 6) is 1.07. The number of carbonyl (C=O) groups excluding carboxylic acids is 1. The molecule has 0 aliphatic heterocycles. The number of benzene rings is 2. The largest absolute Gasteiger partial charge is 0.495 e. The van der Waals surface area contributed by atoms with Crippen LogP contribution >= 0.6 is 38.9 Å². The molecule has 2 aromatic carbocycles. The van der Waals surface area contributed by atoms with Crippen LogP contribution in [0.25, 0.3) is 10.2 Å². The second-order valence-electron chi connectivity index (χ2n) is 6.88. The number of methoxy groups -OCH3 is 2. The molecule has 0 saturated heterocycles. The third kappa shape index (κ3) is 4.60. The van der Waals surface area contributed by atoms with Gasteiger partial charge in [0.2, 0.25) is 0 Å². The smallest absolute Gasteiger partial charge is 0.261 e. The van der Waals surface area contributed by atoms with Crippen molar-refractivity contribution in [3.8, 4) is 11.5 Å². The van der Waals surface area contributed by atoms with Crippen molar-refractivity contribution in [1.82, 2.24) is 14.5 Å². The van der Waals surface area contributed by atoms with E-state index in [1.165, 1.54) is 11.3 Å². The molecule has 0 unspecified atom stereocenters. The first kappa shape index (κ1) is 22.6. The number of hydrogen-bond acceptors (Lipinski definition) is 6. The maximum absolute atomic E-state index is 13.6. The number of amides is 1. The number of carbonyl (C=O) groups is 1. The standard InChI is InChI=1S/C22H20BrClN4O3S/c1-30-17-6-7-18(31-2)20-19(17)26-22(32-20)28(10-3-9-27-11-8-25-13-27)21(29)15-12-14(23)4-5-16(15)24/h4-8,11-13H,3,9-10H2,1-2H3. The van der Waals surface area contributed by atoms with Crippen LogP contribution in [0.15, 0.2) is 53.5 Å². The Morgan fingerprint density at radius 2 is 2.00 bits per heavy atom. The number of halogens is 2. The molecule has 10 heteroatoms. The number of rotatable bonds is 8. The molecule has 0 aliphatic carbocycles. The Morgan fingerprint density at radius 1 is 1.22 bits per heavy atom. The van der Waals surface area contributed by atoms with Crippen molar-refractivity contribution in [2.45, 2.75) is 13.0 Å². The van der Waals surface area contributed by atoms with Gasteiger partial charge in [0.05, 0.1) is 31.1 Å². The Bertz CT molecular complexity index is 1200. The van der Waals surface area contributed by atoms with E-state index in [1.54, 1.807) is 55.9 Å². The van der Waals surface area contributed by atoms with Crippen LogP contribution in [0.2, 0.25) is 5.02 Å². The van der Waals surface area contributed by atoms with E-state index in [0.717, 1.165) is 9.17 Å². The Morgan fingerprint density at radius 3 is 2.72 bits per heavy atom. The fourth-order valence-corrected chi connectivity index (χ4v) is 4.97. The van der Waals surface area contributed by atoms with E-state index in [9.17, 15) is 4.79 Å². The zero-order valence-electron chi connectivity index (χ0n) is 17.4. The van der Waals surface area contributed by atoms with Gasteiger partial charge >= 0.3 is 0 Å². The van der Waals surface area contributed by atoms with Crippen molar-refractivity contribution >= 4 is 60.1 Å². The van der Waals surface area contributed by atoms with Gasteiger partial charge < -0.3 is 14.0 Å². The summed E-state index contributed by atoms with van der Waals surface area (Å²) in [5, 5.41) is 0.934. The van der Waals surface area contributed by atoms with Crippen LogP contribution in [0.4, 0.5) is 5.13 Å². The van der Waals surface area contributed by atoms with Crippen LogP contribution in [0, 0.1) is 0 Å². The summed E-state index contributed by atoms with van der Waals surface area (Å²) in [6, 6.07) is 8.87. The van der Waals surface area contributed by atoms with Gasteiger partial charge in [-0.2, -0.15) is 0 Å². The first-order valence-electron chi connectivity index (χ1n) is 9.76. The lowest BCUT2D eigenvalue weighted by Gasteiger charge is -2.21. The monoisotopic (exact) mass is 534 g/mol. The van der Waals surface area contributed by atoms with E-state index >= 15 is 0 Å². The average Bonchev–Trinajstić information content (AvgIpc) is 3.47. The normalized spacial score (nSPS) is 11.0. The number of hydrogen-bond donors (Lipinski definition) is 0. The first-order valence-corrected chi connectivity index (χ1v) is 11.7. The number of thiazole rings is 1. The lowest BCUT2D eigenvalue weighted by Crippen LogP contribution is -2.32. The first-order chi connectivity index (χ1) is 15.5. The Hall–Kier alpha value is -2.62. The van der Waals surface area contributed by atoms with Crippen molar-refractivity contribution < 1.29 is 14.3 Å². The van der Waals surface area contributed by atoms with Crippen LogP contribution in [-0.2, 0) is 6.54 Å². The molecule has 0 spiro atoms. The van der Waals surface area contributed by atoms with Crippen molar-refractivity contribution in [3.63, 3.8) is 0 Å². The maximum atomic E-state index is 13.6. The topological polar surface area (TPSA) is 69.5 Å². The molecule has 1 amide bonds. The summed E-state index contributed by atoms with van der Waals surface area (Å²) in [6.07, 6.45) is 6.09. The molecule has 166 valence electrons. The minimum Gasteiger partial charge on any atom is -0.495 e. The number of fused-ring (bicyclic) bond motifs is 1. The molecule has 0 N–H and O–H groups in total. The van der Waals surface area contributed by atoms with Gasteiger partial charge in [0.15, 0.2) is 5.13 Å². The van der Waals surface area contributed by atoms with Crippen LogP contribution in [0.5, 0.6) is 11.5 Å². The highest BCUT2D eigenvalue weighted by Crippen LogP contribution is 2.40. The molecule has 0 atom stereocenters. The SMILES string of the molecule is COc1ccc(OC)c2sc(N(CCCn3ccnc3)C(=O)c3cc(Br)ccc3Cl)nc12. The van der Waals surface area contributed by atoms with Gasteiger partial charge in [0, 0.05) is 30.0 Å². The molecule has 2 heterocycles. The number of ether oxygens (including phenoxy) is 2. The molecule has 0 bridgehead atoms. The van der Waals surface area contributed by atoms with E-state index in [1.807, 2.05) is 16.8 Å². The molecule has 0 aliphatic rings. The highest BCUT2D eigenvalue weighted by molar-refractivity contribution is 9.10. The predicted molar refractivity (Wildman–Crippen MR) is 130 cm³/mol. The summed E-state index contributed by atoms with van der Waals surface area (Å²) in [4.78, 5) is 24.1. The van der Waals surface area contributed by atoms with Crippen molar-refractivity contribution in [2.24, 2.45) is 0 Å².